The molecule has 6 heteroatoms. The summed E-state index contributed by atoms with van der Waals surface area (Å²) < 4.78 is 1.98. The molecule has 0 aliphatic rings. The average Bonchev–Trinajstić information content (AvgIpc) is 2.96. The third-order valence-electron chi connectivity index (χ3n) is 2.06. The number of hydrogen-bond acceptors (Lipinski definition) is 4. The van der Waals surface area contributed by atoms with Gasteiger partial charge in [-0.15, -0.1) is 11.3 Å². The lowest BCUT2D eigenvalue weighted by molar-refractivity contribution is 0.0952. The van der Waals surface area contributed by atoms with Crippen LogP contribution in [0.3, 0.4) is 0 Å². The van der Waals surface area contributed by atoms with Gasteiger partial charge in [-0.05, 0) is 6.42 Å². The zero-order chi connectivity index (χ0) is 11.2. The molecule has 0 unspecified atom stereocenters. The van der Waals surface area contributed by atoms with Gasteiger partial charge in [0.05, 0.1) is 6.33 Å². The van der Waals surface area contributed by atoms with Crippen LogP contribution in [0, 0.1) is 0 Å². The molecule has 2 aromatic rings. The highest BCUT2D eigenvalue weighted by Crippen LogP contribution is 2.02. The third-order valence-corrected chi connectivity index (χ3v) is 2.84. The van der Waals surface area contributed by atoms with Gasteiger partial charge in [-0.25, -0.2) is 9.97 Å². The van der Waals surface area contributed by atoms with Gasteiger partial charge in [0.1, 0.15) is 0 Å². The summed E-state index contributed by atoms with van der Waals surface area (Å²) in [5, 5.41) is 5.13. The van der Waals surface area contributed by atoms with Crippen LogP contribution in [0.2, 0.25) is 0 Å². The van der Waals surface area contributed by atoms with Crippen molar-refractivity contribution < 1.29 is 4.79 Å². The Balaban J connectivity index is 1.67. The maximum Gasteiger partial charge on any atom is 0.280 e. The second-order valence-electron chi connectivity index (χ2n) is 3.25. The van der Waals surface area contributed by atoms with E-state index in [2.05, 4.69) is 15.3 Å². The maximum atomic E-state index is 11.5. The van der Waals surface area contributed by atoms with Gasteiger partial charge in [-0.2, -0.15) is 0 Å². The molecular formula is C10H12N4OS. The van der Waals surface area contributed by atoms with Gasteiger partial charge in [0.15, 0.2) is 5.01 Å². The average molecular weight is 236 g/mol. The molecule has 0 spiro atoms. The van der Waals surface area contributed by atoms with Gasteiger partial charge in [0.25, 0.3) is 5.91 Å². The van der Waals surface area contributed by atoms with Crippen LogP contribution in [0.25, 0.3) is 0 Å². The van der Waals surface area contributed by atoms with Crippen molar-refractivity contribution in [3.05, 3.63) is 35.3 Å². The first-order valence-electron chi connectivity index (χ1n) is 4.99. The molecule has 0 atom stereocenters. The number of nitrogens with zero attached hydrogens (tertiary/aromatic N) is 3. The first-order valence-corrected chi connectivity index (χ1v) is 5.87. The lowest BCUT2D eigenvalue weighted by atomic mass is 10.4. The van der Waals surface area contributed by atoms with Crippen molar-refractivity contribution in [3.63, 3.8) is 0 Å². The van der Waals surface area contributed by atoms with Crippen molar-refractivity contribution >= 4 is 17.2 Å². The fraction of sp³-hybridized carbons (Fsp3) is 0.300. The number of carbonyl (C=O) groups excluding carboxylic acids is 1. The molecule has 0 aliphatic heterocycles. The summed E-state index contributed by atoms with van der Waals surface area (Å²) in [5.41, 5.74) is 0. The van der Waals surface area contributed by atoms with Crippen LogP contribution in [0.1, 0.15) is 16.2 Å². The first kappa shape index (κ1) is 10.8. The van der Waals surface area contributed by atoms with Gasteiger partial charge in [0, 0.05) is 37.1 Å². The normalized spacial score (nSPS) is 10.2. The highest BCUT2D eigenvalue weighted by Gasteiger charge is 2.06. The Hall–Kier alpha value is -1.69. The monoisotopic (exact) mass is 236 g/mol. The van der Waals surface area contributed by atoms with E-state index >= 15 is 0 Å². The Labute approximate surface area is 97.2 Å². The predicted molar refractivity (Wildman–Crippen MR) is 61.3 cm³/mol. The number of thiazole rings is 1. The van der Waals surface area contributed by atoms with Gasteiger partial charge in [-0.3, -0.25) is 4.79 Å². The lowest BCUT2D eigenvalue weighted by Crippen LogP contribution is -2.24. The SMILES string of the molecule is O=C(NCCCn1ccnc1)c1nccs1. The number of aryl methyl sites for hydroxylation is 1. The second-order valence-corrected chi connectivity index (χ2v) is 4.14. The molecule has 16 heavy (non-hydrogen) atoms. The summed E-state index contributed by atoms with van der Waals surface area (Å²) in [6, 6.07) is 0. The largest absolute Gasteiger partial charge is 0.350 e. The molecule has 1 amide bonds. The van der Waals surface area contributed by atoms with Crippen molar-refractivity contribution in [2.75, 3.05) is 6.54 Å². The second kappa shape index (κ2) is 5.41. The Morgan fingerprint density at radius 1 is 1.50 bits per heavy atom. The zero-order valence-corrected chi connectivity index (χ0v) is 9.48. The molecule has 0 radical (unpaired) electrons. The van der Waals surface area contributed by atoms with Gasteiger partial charge < -0.3 is 9.88 Å². The fourth-order valence-electron chi connectivity index (χ4n) is 1.29. The molecule has 1 N–H and O–H groups in total. The molecule has 0 aromatic carbocycles. The van der Waals surface area contributed by atoms with Gasteiger partial charge >= 0.3 is 0 Å². The molecule has 2 heterocycles. The quantitative estimate of drug-likeness (QED) is 0.792. The van der Waals surface area contributed by atoms with E-state index in [4.69, 9.17) is 0 Å². The minimum absolute atomic E-state index is 0.0966. The third kappa shape index (κ3) is 2.90. The van der Waals surface area contributed by atoms with Crippen LogP contribution < -0.4 is 5.32 Å². The molecule has 0 saturated heterocycles. The zero-order valence-electron chi connectivity index (χ0n) is 8.67. The van der Waals surface area contributed by atoms with E-state index < -0.39 is 0 Å². The summed E-state index contributed by atoms with van der Waals surface area (Å²) in [6.07, 6.45) is 7.93. The van der Waals surface area contributed by atoms with Crippen LogP contribution in [-0.2, 0) is 6.54 Å². The number of nitrogens with one attached hydrogen (secondary N) is 1. The summed E-state index contributed by atoms with van der Waals surface area (Å²) in [7, 11) is 0. The predicted octanol–water partition coefficient (Wildman–Crippen LogP) is 1.16. The number of hydrogen-bond donors (Lipinski definition) is 1. The van der Waals surface area contributed by atoms with Crippen molar-refractivity contribution in [2.24, 2.45) is 0 Å². The summed E-state index contributed by atoms with van der Waals surface area (Å²) in [4.78, 5) is 19.4. The van der Waals surface area contributed by atoms with E-state index in [0.29, 0.717) is 11.6 Å². The summed E-state index contributed by atoms with van der Waals surface area (Å²) in [5.74, 6) is -0.0966. The molecule has 0 aliphatic carbocycles. The molecular weight excluding hydrogens is 224 g/mol. The van der Waals surface area contributed by atoms with E-state index in [9.17, 15) is 4.79 Å². The van der Waals surface area contributed by atoms with E-state index in [0.717, 1.165) is 13.0 Å². The Morgan fingerprint density at radius 2 is 2.44 bits per heavy atom. The Morgan fingerprint density at radius 3 is 3.12 bits per heavy atom. The van der Waals surface area contributed by atoms with Crippen molar-refractivity contribution in [1.82, 2.24) is 19.9 Å². The number of aromatic nitrogens is 3. The number of amides is 1. The van der Waals surface area contributed by atoms with Crippen molar-refractivity contribution in [2.45, 2.75) is 13.0 Å². The minimum Gasteiger partial charge on any atom is -0.350 e. The molecule has 2 aromatic heterocycles. The molecule has 2 rings (SSSR count). The van der Waals surface area contributed by atoms with Crippen LogP contribution in [0.5, 0.6) is 0 Å². The van der Waals surface area contributed by atoms with Crippen molar-refractivity contribution in [1.29, 1.82) is 0 Å². The van der Waals surface area contributed by atoms with Crippen LogP contribution >= 0.6 is 11.3 Å². The van der Waals surface area contributed by atoms with E-state index in [-0.39, 0.29) is 5.91 Å². The highest BCUT2D eigenvalue weighted by atomic mass is 32.1. The molecule has 5 nitrogen and oxygen atoms in total. The van der Waals surface area contributed by atoms with Crippen molar-refractivity contribution in [3.8, 4) is 0 Å². The van der Waals surface area contributed by atoms with Crippen LogP contribution in [0.15, 0.2) is 30.3 Å². The van der Waals surface area contributed by atoms with E-state index in [1.807, 2.05) is 10.8 Å². The van der Waals surface area contributed by atoms with Crippen LogP contribution in [0.4, 0.5) is 0 Å². The van der Waals surface area contributed by atoms with E-state index in [1.54, 1.807) is 24.1 Å². The molecule has 0 saturated carbocycles. The first-order chi connectivity index (χ1) is 7.86. The number of carbonyl (C=O) groups is 1. The van der Waals surface area contributed by atoms with Gasteiger partial charge in [0.2, 0.25) is 0 Å². The minimum atomic E-state index is -0.0966. The standard InChI is InChI=1S/C10H12N4OS/c15-9(10-13-4-7-16-10)12-2-1-5-14-6-3-11-8-14/h3-4,6-8H,1-2,5H2,(H,12,15). The topological polar surface area (TPSA) is 59.8 Å². The number of imidazole rings is 1. The van der Waals surface area contributed by atoms with Gasteiger partial charge in [-0.1, -0.05) is 0 Å². The summed E-state index contributed by atoms with van der Waals surface area (Å²) in [6.45, 7) is 1.51. The van der Waals surface area contributed by atoms with Crippen LogP contribution in [-0.4, -0.2) is 27.0 Å². The molecule has 0 bridgehead atoms. The lowest BCUT2D eigenvalue weighted by Gasteiger charge is -2.03. The Bertz CT molecular complexity index is 424. The Kier molecular flexibility index (Phi) is 3.66. The molecule has 84 valence electrons. The maximum absolute atomic E-state index is 11.5. The smallest absolute Gasteiger partial charge is 0.280 e. The number of rotatable bonds is 5. The summed E-state index contributed by atoms with van der Waals surface area (Å²) >= 11 is 1.35. The van der Waals surface area contributed by atoms with E-state index in [1.165, 1.54) is 11.3 Å². The highest BCUT2D eigenvalue weighted by molar-refractivity contribution is 7.11. The fourth-order valence-corrected chi connectivity index (χ4v) is 1.85. The molecule has 0 fully saturated rings.